The van der Waals surface area contributed by atoms with Crippen LogP contribution in [0.5, 0.6) is 0 Å². The van der Waals surface area contributed by atoms with Crippen LogP contribution >= 0.6 is 0 Å². The van der Waals surface area contributed by atoms with Crippen LogP contribution in [0.2, 0.25) is 0 Å². The lowest BCUT2D eigenvalue weighted by Crippen LogP contribution is -2.28. The van der Waals surface area contributed by atoms with Crippen LogP contribution in [-0.4, -0.2) is 36.8 Å². The van der Waals surface area contributed by atoms with Gasteiger partial charge in [-0.15, -0.1) is 0 Å². The molecule has 0 unspecified atom stereocenters. The summed E-state index contributed by atoms with van der Waals surface area (Å²) >= 11 is 0. The van der Waals surface area contributed by atoms with Crippen molar-refractivity contribution in [3.63, 3.8) is 0 Å². The number of nitrogens with zero attached hydrogens (tertiary/aromatic N) is 3. The molecule has 204 valence electrons. The van der Waals surface area contributed by atoms with Crippen LogP contribution in [0.1, 0.15) is 11.3 Å². The zero-order valence-electron chi connectivity index (χ0n) is 20.3. The molecule has 0 saturated heterocycles. The lowest BCUT2D eigenvalue weighted by Gasteiger charge is -2.14. The Hall–Kier alpha value is -3.97. The average Bonchev–Trinajstić information content (AvgIpc) is 2.87. The minimum atomic E-state index is -4.84. The fourth-order valence-corrected chi connectivity index (χ4v) is 4.15. The van der Waals surface area contributed by atoms with E-state index in [0.29, 0.717) is 17.2 Å². The van der Waals surface area contributed by atoms with Gasteiger partial charge >= 0.3 is 22.6 Å². The Labute approximate surface area is 220 Å². The second-order valence-corrected chi connectivity index (χ2v) is 10.5. The maximum Gasteiger partial charge on any atom is 0.433 e. The molecule has 0 fully saturated rings. The normalized spacial score (nSPS) is 12.5. The summed E-state index contributed by atoms with van der Waals surface area (Å²) in [4.78, 5) is 7.87. The maximum absolute atomic E-state index is 13.7. The molecule has 0 radical (unpaired) electrons. The maximum atomic E-state index is 13.7. The summed E-state index contributed by atoms with van der Waals surface area (Å²) in [5.74, 6) is -0.286. The summed E-state index contributed by atoms with van der Waals surface area (Å²) in [7, 11) is -1.04. The number of rotatable bonds is 6. The highest BCUT2D eigenvalue weighted by Crippen LogP contribution is 2.35. The minimum absolute atomic E-state index is 0.0502. The molecule has 0 aliphatic rings. The average molecular weight is 567 g/mol. The highest BCUT2D eigenvalue weighted by molar-refractivity contribution is 7.90. The van der Waals surface area contributed by atoms with Crippen molar-refractivity contribution in [1.82, 2.24) is 14.3 Å². The lowest BCUT2D eigenvalue weighted by molar-refractivity contribution is -0.141. The molecular weight excluding hydrogens is 546 g/mol. The Balaban J connectivity index is 1.76. The Morgan fingerprint density at radius 1 is 0.692 bits per heavy atom. The first-order chi connectivity index (χ1) is 18.1. The Bertz CT molecular complexity index is 1600. The van der Waals surface area contributed by atoms with Crippen molar-refractivity contribution in [2.45, 2.75) is 12.4 Å². The van der Waals surface area contributed by atoms with Crippen molar-refractivity contribution in [3.8, 4) is 33.8 Å². The van der Waals surface area contributed by atoms with E-state index < -0.39 is 33.8 Å². The van der Waals surface area contributed by atoms with Crippen LogP contribution in [-0.2, 0) is 22.6 Å². The van der Waals surface area contributed by atoms with Gasteiger partial charge in [-0.25, -0.2) is 9.97 Å². The quantitative estimate of drug-likeness (QED) is 0.263. The first-order valence-corrected chi connectivity index (χ1v) is 12.6. The van der Waals surface area contributed by atoms with Crippen molar-refractivity contribution < 1.29 is 34.8 Å². The molecule has 13 heteroatoms. The van der Waals surface area contributed by atoms with Gasteiger partial charge in [-0.05, 0) is 47.5 Å². The number of alkyl halides is 6. The van der Waals surface area contributed by atoms with Gasteiger partial charge in [0.2, 0.25) is 0 Å². The van der Waals surface area contributed by atoms with E-state index in [4.69, 9.17) is 0 Å². The largest absolute Gasteiger partial charge is 0.433 e. The van der Waals surface area contributed by atoms with Gasteiger partial charge in [0, 0.05) is 25.2 Å². The summed E-state index contributed by atoms with van der Waals surface area (Å²) < 4.78 is 108. The Morgan fingerprint density at radius 2 is 1.28 bits per heavy atom. The van der Waals surface area contributed by atoms with Crippen LogP contribution in [0, 0.1) is 0 Å². The van der Waals surface area contributed by atoms with Crippen LogP contribution in [0.25, 0.3) is 33.8 Å². The van der Waals surface area contributed by atoms with Crippen molar-refractivity contribution in [3.05, 3.63) is 90.1 Å². The van der Waals surface area contributed by atoms with E-state index in [0.717, 1.165) is 28.6 Å². The van der Waals surface area contributed by atoms with E-state index >= 15 is 0 Å². The third kappa shape index (κ3) is 6.55. The highest BCUT2D eigenvalue weighted by Gasteiger charge is 2.34. The van der Waals surface area contributed by atoms with Crippen LogP contribution in [0.15, 0.2) is 78.9 Å². The molecule has 0 bridgehead atoms. The summed E-state index contributed by atoms with van der Waals surface area (Å²) in [6.45, 7) is 0. The molecule has 39 heavy (non-hydrogen) atoms. The number of anilines is 1. The summed E-state index contributed by atoms with van der Waals surface area (Å²) in [6, 6.07) is 17.0. The molecule has 1 aromatic heterocycles. The molecule has 4 rings (SSSR count). The van der Waals surface area contributed by atoms with E-state index in [1.807, 2.05) is 0 Å². The summed E-state index contributed by atoms with van der Waals surface area (Å²) in [6.07, 6.45) is -9.44. The number of hydrogen-bond donors (Lipinski definition) is 1. The number of hydrogen-bond acceptors (Lipinski definition) is 4. The van der Waals surface area contributed by atoms with Gasteiger partial charge in [0.1, 0.15) is 5.69 Å². The van der Waals surface area contributed by atoms with Crippen molar-refractivity contribution in [1.29, 1.82) is 0 Å². The molecule has 4 aromatic rings. The van der Waals surface area contributed by atoms with Crippen molar-refractivity contribution in [2.75, 3.05) is 18.8 Å². The number of halogens is 6. The standard InChI is InChI=1S/C26H20F6N4O2S/c1-36(2)39(37,38)35-21-8-4-6-18(14-21)17-5-3-7-19(13-17)24-33-22(15-23(34-24)26(30,31)32)16-9-11-20(12-10-16)25(27,28)29/h3-15,35H,1-2H3. The van der Waals surface area contributed by atoms with Crippen molar-refractivity contribution in [2.24, 2.45) is 0 Å². The number of nitrogens with one attached hydrogen (secondary N) is 1. The molecule has 3 aromatic carbocycles. The molecule has 6 nitrogen and oxygen atoms in total. The Kier molecular flexibility index (Phi) is 7.41. The third-order valence-corrected chi connectivity index (χ3v) is 7.02. The van der Waals surface area contributed by atoms with Gasteiger partial charge in [0.15, 0.2) is 5.82 Å². The first kappa shape index (κ1) is 28.0. The lowest BCUT2D eigenvalue weighted by atomic mass is 10.0. The summed E-state index contributed by atoms with van der Waals surface area (Å²) in [5.41, 5.74) is -0.772. The molecule has 0 spiro atoms. The molecule has 1 N–H and O–H groups in total. The molecule has 0 aliphatic carbocycles. The van der Waals surface area contributed by atoms with Crippen LogP contribution < -0.4 is 4.72 Å². The topological polar surface area (TPSA) is 75.2 Å². The zero-order chi connectivity index (χ0) is 28.6. The predicted octanol–water partition coefficient (Wildman–Crippen LogP) is 6.73. The van der Waals surface area contributed by atoms with Gasteiger partial charge in [-0.2, -0.15) is 39.1 Å². The van der Waals surface area contributed by atoms with E-state index in [2.05, 4.69) is 14.7 Å². The molecule has 1 heterocycles. The highest BCUT2D eigenvalue weighted by atomic mass is 32.2. The molecule has 0 aliphatic heterocycles. The van der Waals surface area contributed by atoms with Gasteiger partial charge < -0.3 is 0 Å². The number of benzene rings is 3. The summed E-state index contributed by atoms with van der Waals surface area (Å²) in [5, 5.41) is 0. The van der Waals surface area contributed by atoms with Gasteiger partial charge in [-0.3, -0.25) is 4.72 Å². The predicted molar refractivity (Wildman–Crippen MR) is 135 cm³/mol. The fourth-order valence-electron chi connectivity index (χ4n) is 3.54. The second-order valence-electron chi connectivity index (χ2n) is 8.59. The molecule has 0 saturated carbocycles. The smallest absolute Gasteiger partial charge is 0.271 e. The SMILES string of the molecule is CN(C)S(=O)(=O)Nc1cccc(-c2cccc(-c3nc(-c4ccc(C(F)(F)F)cc4)cc(C(F)(F)F)n3)c2)c1. The minimum Gasteiger partial charge on any atom is -0.271 e. The molecule has 0 atom stereocenters. The van der Waals surface area contributed by atoms with Gasteiger partial charge in [0.05, 0.1) is 16.9 Å². The van der Waals surface area contributed by atoms with E-state index in [-0.39, 0.29) is 28.3 Å². The Morgan fingerprint density at radius 3 is 1.87 bits per heavy atom. The zero-order valence-corrected chi connectivity index (χ0v) is 21.2. The first-order valence-electron chi connectivity index (χ1n) is 11.2. The monoisotopic (exact) mass is 566 g/mol. The second kappa shape index (κ2) is 10.3. The molecular formula is C26H20F6N4O2S. The van der Waals surface area contributed by atoms with E-state index in [1.165, 1.54) is 26.2 Å². The fraction of sp³-hybridized carbons (Fsp3) is 0.154. The third-order valence-electron chi connectivity index (χ3n) is 5.57. The van der Waals surface area contributed by atoms with E-state index in [9.17, 15) is 34.8 Å². The van der Waals surface area contributed by atoms with Crippen LogP contribution in [0.3, 0.4) is 0 Å². The van der Waals surface area contributed by atoms with Crippen LogP contribution in [0.4, 0.5) is 32.0 Å². The van der Waals surface area contributed by atoms with Gasteiger partial charge in [-0.1, -0.05) is 42.5 Å². The van der Waals surface area contributed by atoms with E-state index in [1.54, 1.807) is 36.4 Å². The molecule has 0 amide bonds. The van der Waals surface area contributed by atoms with Crippen molar-refractivity contribution >= 4 is 15.9 Å². The van der Waals surface area contributed by atoms with Gasteiger partial charge in [0.25, 0.3) is 0 Å². The number of aromatic nitrogens is 2.